The fourth-order valence-electron chi connectivity index (χ4n) is 3.40. The van der Waals surface area contributed by atoms with Gasteiger partial charge in [-0.05, 0) is 30.9 Å². The third-order valence-electron chi connectivity index (χ3n) is 5.04. The number of amides is 1. The van der Waals surface area contributed by atoms with E-state index in [4.69, 9.17) is 0 Å². The van der Waals surface area contributed by atoms with Crippen LogP contribution in [0, 0.1) is 5.92 Å². The molecule has 1 amide bonds. The quantitative estimate of drug-likeness (QED) is 0.753. The summed E-state index contributed by atoms with van der Waals surface area (Å²) in [6, 6.07) is 7.13. The maximum atomic E-state index is 12.9. The van der Waals surface area contributed by atoms with Crippen molar-refractivity contribution in [1.29, 1.82) is 0 Å². The second-order valence-corrected chi connectivity index (χ2v) is 6.93. The third-order valence-corrected chi connectivity index (χ3v) is 5.04. The van der Waals surface area contributed by atoms with Crippen LogP contribution >= 0.6 is 0 Å². The number of aromatic nitrogens is 1. The molecular formula is C21H21F3N2O3. The number of rotatable bonds is 5. The van der Waals surface area contributed by atoms with Gasteiger partial charge in [0.05, 0.1) is 30.5 Å². The molecule has 1 heterocycles. The number of hydrogen-bond donors (Lipinski definition) is 1. The molecule has 1 N–H and O–H groups in total. The molecule has 1 unspecified atom stereocenters. The molecule has 1 aliphatic carbocycles. The number of fused-ring (bicyclic) bond motifs is 1. The number of ether oxygens (including phenoxy) is 1. The lowest BCUT2D eigenvalue weighted by atomic mass is 9.85. The molecule has 3 rings (SSSR count). The standard InChI is InChI=1S/C21H21F3N2O3/c1-29-18(27)9-10-25-20(28)15-11-14-3-2-4-17(19(14)26-12-15)13-5-7-16(8-6-13)21(22,23)24/h2-5,11-12,16H,6-10H2,1H3,(H,25,28). The summed E-state index contributed by atoms with van der Waals surface area (Å²) in [5, 5.41) is 3.35. The summed E-state index contributed by atoms with van der Waals surface area (Å²) in [7, 11) is 1.28. The number of para-hydroxylation sites is 1. The van der Waals surface area contributed by atoms with Crippen LogP contribution in [0.25, 0.3) is 16.5 Å². The van der Waals surface area contributed by atoms with Gasteiger partial charge in [0.2, 0.25) is 0 Å². The summed E-state index contributed by atoms with van der Waals surface area (Å²) in [5.74, 6) is -2.08. The van der Waals surface area contributed by atoms with Gasteiger partial charge < -0.3 is 10.1 Å². The van der Waals surface area contributed by atoms with Crippen LogP contribution in [0.2, 0.25) is 0 Å². The third kappa shape index (κ3) is 4.93. The van der Waals surface area contributed by atoms with Gasteiger partial charge in [0.15, 0.2) is 0 Å². The predicted molar refractivity (Wildman–Crippen MR) is 102 cm³/mol. The van der Waals surface area contributed by atoms with E-state index in [9.17, 15) is 22.8 Å². The highest BCUT2D eigenvalue weighted by molar-refractivity contribution is 5.99. The highest BCUT2D eigenvalue weighted by Gasteiger charge is 2.39. The Kier molecular flexibility index (Phi) is 6.20. The van der Waals surface area contributed by atoms with E-state index in [-0.39, 0.29) is 31.7 Å². The number of halogens is 3. The number of carbonyl (C=O) groups excluding carboxylic acids is 2. The Balaban J connectivity index is 1.78. The van der Waals surface area contributed by atoms with Crippen molar-refractivity contribution in [3.63, 3.8) is 0 Å². The first-order valence-electron chi connectivity index (χ1n) is 9.29. The molecule has 2 aromatic rings. The Bertz CT molecular complexity index is 954. The van der Waals surface area contributed by atoms with Crippen molar-refractivity contribution >= 4 is 28.4 Å². The second-order valence-electron chi connectivity index (χ2n) is 6.93. The summed E-state index contributed by atoms with van der Waals surface area (Å²) in [6.07, 6.45) is -0.661. The van der Waals surface area contributed by atoms with E-state index >= 15 is 0 Å². The van der Waals surface area contributed by atoms with E-state index in [1.54, 1.807) is 24.3 Å². The van der Waals surface area contributed by atoms with Gasteiger partial charge in [-0.2, -0.15) is 13.2 Å². The number of allylic oxidation sites excluding steroid dienone is 2. The van der Waals surface area contributed by atoms with E-state index in [0.29, 0.717) is 17.5 Å². The van der Waals surface area contributed by atoms with Gasteiger partial charge in [-0.1, -0.05) is 24.3 Å². The lowest BCUT2D eigenvalue weighted by Crippen LogP contribution is -2.26. The van der Waals surface area contributed by atoms with E-state index in [1.165, 1.54) is 13.3 Å². The van der Waals surface area contributed by atoms with Crippen LogP contribution in [-0.2, 0) is 9.53 Å². The molecule has 0 fully saturated rings. The molecule has 1 aromatic heterocycles. The molecule has 0 bridgehead atoms. The van der Waals surface area contributed by atoms with Crippen LogP contribution in [0.4, 0.5) is 13.2 Å². The molecule has 154 valence electrons. The summed E-state index contributed by atoms with van der Waals surface area (Å²) < 4.78 is 43.2. The zero-order valence-corrected chi connectivity index (χ0v) is 15.9. The van der Waals surface area contributed by atoms with Gasteiger partial charge in [-0.15, -0.1) is 0 Å². The lowest BCUT2D eigenvalue weighted by molar-refractivity contribution is -0.175. The van der Waals surface area contributed by atoms with E-state index in [1.807, 2.05) is 6.07 Å². The monoisotopic (exact) mass is 406 g/mol. The molecular weight excluding hydrogens is 385 g/mol. The van der Waals surface area contributed by atoms with Gasteiger partial charge in [0, 0.05) is 23.7 Å². The van der Waals surface area contributed by atoms with Crippen LogP contribution in [0.5, 0.6) is 0 Å². The molecule has 0 saturated carbocycles. The fraction of sp³-hybridized carbons (Fsp3) is 0.381. The normalized spacial score (nSPS) is 17.0. The smallest absolute Gasteiger partial charge is 0.392 e. The van der Waals surface area contributed by atoms with Crippen molar-refractivity contribution in [2.75, 3.05) is 13.7 Å². The molecule has 1 atom stereocenters. The Morgan fingerprint density at radius 1 is 1.31 bits per heavy atom. The molecule has 5 nitrogen and oxygen atoms in total. The Morgan fingerprint density at radius 3 is 2.76 bits per heavy atom. The van der Waals surface area contributed by atoms with Crippen molar-refractivity contribution in [2.24, 2.45) is 5.92 Å². The first-order chi connectivity index (χ1) is 13.8. The first kappa shape index (κ1) is 20.8. The predicted octanol–water partition coefficient (Wildman–Crippen LogP) is 4.27. The van der Waals surface area contributed by atoms with Crippen LogP contribution in [0.15, 0.2) is 36.5 Å². The van der Waals surface area contributed by atoms with Crippen molar-refractivity contribution in [3.05, 3.63) is 47.7 Å². The number of esters is 1. The van der Waals surface area contributed by atoms with Crippen molar-refractivity contribution in [1.82, 2.24) is 10.3 Å². The Labute approximate surface area is 165 Å². The summed E-state index contributed by atoms with van der Waals surface area (Å²) >= 11 is 0. The Morgan fingerprint density at radius 2 is 2.10 bits per heavy atom. The number of benzene rings is 1. The minimum Gasteiger partial charge on any atom is -0.469 e. The molecule has 0 aliphatic heterocycles. The topological polar surface area (TPSA) is 68.3 Å². The molecule has 29 heavy (non-hydrogen) atoms. The highest BCUT2D eigenvalue weighted by Crippen LogP contribution is 2.40. The van der Waals surface area contributed by atoms with Gasteiger partial charge in [-0.3, -0.25) is 14.6 Å². The van der Waals surface area contributed by atoms with E-state index in [2.05, 4.69) is 15.0 Å². The molecule has 0 saturated heterocycles. The maximum absolute atomic E-state index is 12.9. The lowest BCUT2D eigenvalue weighted by Gasteiger charge is -2.24. The van der Waals surface area contributed by atoms with Crippen molar-refractivity contribution in [3.8, 4) is 0 Å². The average molecular weight is 406 g/mol. The highest BCUT2D eigenvalue weighted by atomic mass is 19.4. The van der Waals surface area contributed by atoms with E-state index in [0.717, 1.165) is 16.5 Å². The van der Waals surface area contributed by atoms with Gasteiger partial charge in [0.1, 0.15) is 0 Å². The number of alkyl halides is 3. The number of hydrogen-bond acceptors (Lipinski definition) is 4. The summed E-state index contributed by atoms with van der Waals surface area (Å²) in [4.78, 5) is 27.8. The maximum Gasteiger partial charge on any atom is 0.392 e. The average Bonchev–Trinajstić information content (AvgIpc) is 2.72. The number of carbonyl (C=O) groups is 2. The zero-order valence-electron chi connectivity index (χ0n) is 15.9. The van der Waals surface area contributed by atoms with Gasteiger partial charge in [0.25, 0.3) is 5.91 Å². The van der Waals surface area contributed by atoms with Crippen molar-refractivity contribution < 1.29 is 27.5 Å². The van der Waals surface area contributed by atoms with Crippen LogP contribution in [0.1, 0.15) is 41.6 Å². The van der Waals surface area contributed by atoms with Crippen LogP contribution in [0.3, 0.4) is 0 Å². The minimum atomic E-state index is -4.17. The molecule has 0 spiro atoms. The van der Waals surface area contributed by atoms with Crippen LogP contribution in [-0.4, -0.2) is 36.7 Å². The molecule has 8 heteroatoms. The van der Waals surface area contributed by atoms with Gasteiger partial charge in [-0.25, -0.2) is 0 Å². The number of pyridine rings is 1. The van der Waals surface area contributed by atoms with Crippen LogP contribution < -0.4 is 5.32 Å². The molecule has 0 radical (unpaired) electrons. The van der Waals surface area contributed by atoms with Crippen molar-refractivity contribution in [2.45, 2.75) is 31.9 Å². The first-order valence-corrected chi connectivity index (χ1v) is 9.29. The molecule has 1 aromatic carbocycles. The molecule has 1 aliphatic rings. The zero-order chi connectivity index (χ0) is 21.0. The van der Waals surface area contributed by atoms with Gasteiger partial charge >= 0.3 is 12.1 Å². The summed E-state index contributed by atoms with van der Waals surface area (Å²) in [6.45, 7) is 0.150. The SMILES string of the molecule is COC(=O)CCNC(=O)c1cnc2c(C3=CCC(C(F)(F)F)CC3)cccc2c1. The van der Waals surface area contributed by atoms with E-state index < -0.39 is 18.1 Å². The second kappa shape index (κ2) is 8.63. The minimum absolute atomic E-state index is 0.0318. The fourth-order valence-corrected chi connectivity index (χ4v) is 3.40. The Hall–Kier alpha value is -2.90. The number of nitrogens with one attached hydrogen (secondary N) is 1. The number of nitrogens with zero attached hydrogens (tertiary/aromatic N) is 1. The summed E-state index contributed by atoms with van der Waals surface area (Å²) in [5.41, 5.74) is 2.63. The largest absolute Gasteiger partial charge is 0.469 e. The number of methoxy groups -OCH3 is 1.